The van der Waals surface area contributed by atoms with E-state index in [1.165, 1.54) is 0 Å². The summed E-state index contributed by atoms with van der Waals surface area (Å²) >= 11 is 0. The number of carbonyl (C=O) groups is 1. The van der Waals surface area contributed by atoms with Crippen molar-refractivity contribution < 1.29 is 9.53 Å². The van der Waals surface area contributed by atoms with Crippen molar-refractivity contribution >= 4 is 11.6 Å². The average molecular weight is 388 g/mol. The summed E-state index contributed by atoms with van der Waals surface area (Å²) in [5.74, 6) is 0.530. The van der Waals surface area contributed by atoms with Crippen LogP contribution in [0.5, 0.6) is 5.75 Å². The third-order valence-corrected chi connectivity index (χ3v) is 5.03. The van der Waals surface area contributed by atoms with E-state index >= 15 is 0 Å². The maximum Gasteiger partial charge on any atom is 0.260 e. The van der Waals surface area contributed by atoms with Crippen LogP contribution in [0.1, 0.15) is 35.5 Å². The lowest BCUT2D eigenvalue weighted by atomic mass is 10.1. The van der Waals surface area contributed by atoms with Crippen LogP contribution in [0.3, 0.4) is 0 Å². The summed E-state index contributed by atoms with van der Waals surface area (Å²) in [4.78, 5) is 23.6. The Morgan fingerprint density at radius 3 is 2.76 bits per heavy atom. The normalized spacial score (nSPS) is 13.3. The first-order valence-electron chi connectivity index (χ1n) is 9.12. The van der Waals surface area contributed by atoms with E-state index in [1.807, 2.05) is 19.1 Å². The van der Waals surface area contributed by atoms with E-state index in [0.717, 1.165) is 16.8 Å². The lowest BCUT2D eigenvalue weighted by Gasteiger charge is -2.16. The Bertz CT molecular complexity index is 1160. The quantitative estimate of drug-likeness (QED) is 0.681. The van der Waals surface area contributed by atoms with Gasteiger partial charge in [-0.25, -0.2) is 0 Å². The van der Waals surface area contributed by atoms with Crippen molar-refractivity contribution in [1.29, 1.82) is 5.26 Å². The van der Waals surface area contributed by atoms with Crippen molar-refractivity contribution in [3.05, 3.63) is 53.7 Å². The van der Waals surface area contributed by atoms with Crippen molar-refractivity contribution in [1.82, 2.24) is 19.7 Å². The monoisotopic (exact) mass is 388 g/mol. The van der Waals surface area contributed by atoms with Crippen LogP contribution in [0.15, 0.2) is 36.9 Å². The highest BCUT2D eigenvalue weighted by atomic mass is 16.5. The number of aromatic nitrogens is 4. The van der Waals surface area contributed by atoms with Gasteiger partial charge in [-0.1, -0.05) is 0 Å². The van der Waals surface area contributed by atoms with E-state index in [0.29, 0.717) is 29.2 Å². The highest BCUT2D eigenvalue weighted by Crippen LogP contribution is 2.32. The lowest BCUT2D eigenvalue weighted by molar-refractivity contribution is 0.0996. The molecule has 1 aliphatic rings. The van der Waals surface area contributed by atoms with E-state index in [4.69, 9.17) is 9.72 Å². The van der Waals surface area contributed by atoms with Crippen molar-refractivity contribution in [2.24, 2.45) is 0 Å². The zero-order valence-corrected chi connectivity index (χ0v) is 16.7. The average Bonchev–Trinajstić information content (AvgIpc) is 3.33. The number of hydrogen-bond acceptors (Lipinski definition) is 6. The van der Waals surface area contributed by atoms with Crippen LogP contribution < -0.4 is 9.64 Å². The maximum atomic E-state index is 13.0. The van der Waals surface area contributed by atoms with E-state index in [2.05, 4.69) is 16.2 Å². The highest BCUT2D eigenvalue weighted by molar-refractivity contribution is 6.10. The standard InChI is InChI=1S/C21H20N6O2/c1-13-5-17(14-6-16(29-4)9-23-7-14)25-18-11-26(20(28)19(13)18)15-8-24-27(10-15)21(2,3)12-22/h5-10H,11H2,1-4H3. The fourth-order valence-electron chi connectivity index (χ4n) is 3.34. The molecule has 0 aromatic carbocycles. The first kappa shape index (κ1) is 18.6. The predicted molar refractivity (Wildman–Crippen MR) is 106 cm³/mol. The minimum atomic E-state index is -0.797. The number of aryl methyl sites for hydroxylation is 1. The summed E-state index contributed by atoms with van der Waals surface area (Å²) < 4.78 is 6.81. The van der Waals surface area contributed by atoms with Gasteiger partial charge >= 0.3 is 0 Å². The number of nitrogens with zero attached hydrogens (tertiary/aromatic N) is 6. The fourth-order valence-corrected chi connectivity index (χ4v) is 3.34. The Kier molecular flexibility index (Phi) is 4.31. The van der Waals surface area contributed by atoms with E-state index < -0.39 is 5.54 Å². The molecule has 0 bridgehead atoms. The van der Waals surface area contributed by atoms with Gasteiger partial charge in [0.15, 0.2) is 0 Å². The van der Waals surface area contributed by atoms with Crippen LogP contribution in [0, 0.1) is 18.3 Å². The van der Waals surface area contributed by atoms with Crippen molar-refractivity contribution in [2.75, 3.05) is 12.0 Å². The number of hydrogen-bond donors (Lipinski definition) is 0. The molecule has 0 saturated heterocycles. The van der Waals surface area contributed by atoms with Crippen molar-refractivity contribution in [2.45, 2.75) is 32.9 Å². The molecule has 1 aliphatic heterocycles. The number of fused-ring (bicyclic) bond motifs is 1. The van der Waals surface area contributed by atoms with Gasteiger partial charge in [0.25, 0.3) is 5.91 Å². The van der Waals surface area contributed by atoms with Crippen LogP contribution in [0.25, 0.3) is 11.3 Å². The molecule has 8 heteroatoms. The van der Waals surface area contributed by atoms with E-state index in [1.54, 1.807) is 55.3 Å². The third kappa shape index (κ3) is 3.10. The number of amides is 1. The first-order chi connectivity index (χ1) is 13.8. The van der Waals surface area contributed by atoms with Crippen LogP contribution in [0.4, 0.5) is 5.69 Å². The summed E-state index contributed by atoms with van der Waals surface area (Å²) in [6.45, 7) is 5.79. The Morgan fingerprint density at radius 2 is 2.03 bits per heavy atom. The Labute approximate surface area is 168 Å². The van der Waals surface area contributed by atoms with Gasteiger partial charge in [-0.15, -0.1) is 0 Å². The molecular formula is C21H20N6O2. The molecule has 0 aliphatic carbocycles. The molecule has 0 fully saturated rings. The molecule has 1 amide bonds. The molecule has 0 atom stereocenters. The summed E-state index contributed by atoms with van der Waals surface area (Å²) in [5, 5.41) is 13.6. The molecule has 0 N–H and O–H groups in total. The molecule has 3 aromatic rings. The van der Waals surface area contributed by atoms with Gasteiger partial charge in [-0.3, -0.25) is 24.3 Å². The van der Waals surface area contributed by atoms with Gasteiger partial charge < -0.3 is 4.74 Å². The Hall–Kier alpha value is -3.73. The summed E-state index contributed by atoms with van der Waals surface area (Å²) in [6, 6.07) is 5.96. The predicted octanol–water partition coefficient (Wildman–Crippen LogP) is 3.08. The molecule has 4 heterocycles. The lowest BCUT2D eigenvalue weighted by Crippen LogP contribution is -2.25. The van der Waals surface area contributed by atoms with Gasteiger partial charge in [0.2, 0.25) is 0 Å². The summed E-state index contributed by atoms with van der Waals surface area (Å²) in [6.07, 6.45) is 6.68. The summed E-state index contributed by atoms with van der Waals surface area (Å²) in [7, 11) is 1.59. The molecular weight excluding hydrogens is 368 g/mol. The topological polar surface area (TPSA) is 96.9 Å². The number of ether oxygens (including phenoxy) is 1. The maximum absolute atomic E-state index is 13.0. The van der Waals surface area contributed by atoms with Gasteiger partial charge in [0, 0.05) is 11.8 Å². The van der Waals surface area contributed by atoms with E-state index in [9.17, 15) is 10.1 Å². The molecule has 29 heavy (non-hydrogen) atoms. The SMILES string of the molecule is COc1cncc(-c2cc(C)c3c(n2)CN(c2cnn(C(C)(C)C#N)c2)C3=O)c1. The minimum absolute atomic E-state index is 0.116. The smallest absolute Gasteiger partial charge is 0.260 e. The second kappa shape index (κ2) is 6.71. The van der Waals surface area contributed by atoms with Crippen LogP contribution in [-0.4, -0.2) is 32.8 Å². The molecule has 0 saturated carbocycles. The minimum Gasteiger partial charge on any atom is -0.495 e. The number of rotatable bonds is 4. The molecule has 0 unspecified atom stereocenters. The van der Waals surface area contributed by atoms with Gasteiger partial charge in [0.1, 0.15) is 11.3 Å². The van der Waals surface area contributed by atoms with E-state index in [-0.39, 0.29) is 5.91 Å². The molecule has 8 nitrogen and oxygen atoms in total. The van der Waals surface area contributed by atoms with Crippen molar-refractivity contribution in [3.8, 4) is 23.1 Å². The molecule has 0 radical (unpaired) electrons. The van der Waals surface area contributed by atoms with Gasteiger partial charge in [-0.2, -0.15) is 10.4 Å². The molecule has 4 rings (SSSR count). The van der Waals surface area contributed by atoms with Crippen LogP contribution >= 0.6 is 0 Å². The zero-order valence-electron chi connectivity index (χ0n) is 16.7. The third-order valence-electron chi connectivity index (χ3n) is 5.03. The molecule has 3 aromatic heterocycles. The largest absolute Gasteiger partial charge is 0.495 e. The first-order valence-corrected chi connectivity index (χ1v) is 9.12. The fraction of sp³-hybridized carbons (Fsp3) is 0.286. The number of anilines is 1. The molecule has 146 valence electrons. The van der Waals surface area contributed by atoms with Crippen LogP contribution in [-0.2, 0) is 12.1 Å². The Balaban J connectivity index is 1.70. The van der Waals surface area contributed by atoms with Crippen molar-refractivity contribution in [3.63, 3.8) is 0 Å². The molecule has 0 spiro atoms. The van der Waals surface area contributed by atoms with Gasteiger partial charge in [0.05, 0.1) is 61.0 Å². The second-order valence-electron chi connectivity index (χ2n) is 7.46. The Morgan fingerprint density at radius 1 is 1.24 bits per heavy atom. The summed E-state index contributed by atoms with van der Waals surface area (Å²) in [5.41, 5.74) is 3.57. The zero-order chi connectivity index (χ0) is 20.8. The number of methoxy groups -OCH3 is 1. The van der Waals surface area contributed by atoms with Crippen LogP contribution in [0.2, 0.25) is 0 Å². The number of carbonyl (C=O) groups excluding carboxylic acids is 1. The highest BCUT2D eigenvalue weighted by Gasteiger charge is 2.33. The number of pyridine rings is 2. The number of nitriles is 1. The van der Waals surface area contributed by atoms with Gasteiger partial charge in [-0.05, 0) is 38.5 Å². The second-order valence-corrected chi connectivity index (χ2v) is 7.46.